The van der Waals surface area contributed by atoms with E-state index in [1.807, 2.05) is 76.2 Å². The fourth-order valence-corrected chi connectivity index (χ4v) is 7.56. The van der Waals surface area contributed by atoms with E-state index < -0.39 is 35.5 Å². The standard InChI is InChI=1S/C19H15F3S.C15H13BrF2.C10H14BFO2S/c1-2-3-12-4-6-13(7-5-12)14-10-15(20)19(16(21)11-14)17-8-9-18(22)23-17;1-2-3-10-4-6-11(7-5-10)12-8-13(17)15(16)14(18)9-12;1-9(2)10(3,4)14-11(13-9)7-5-6-8(12)15-7/h4-11H,2-3H2,1H3;4-9H,2-3H2,1H3;5-6H,1-4H3. The van der Waals surface area contributed by atoms with E-state index in [-0.39, 0.29) is 31.2 Å². The van der Waals surface area contributed by atoms with Crippen LogP contribution in [0.2, 0.25) is 0 Å². The van der Waals surface area contributed by atoms with E-state index in [4.69, 9.17) is 9.31 Å². The normalized spacial score (nSPS) is 14.2. The lowest BCUT2D eigenvalue weighted by atomic mass is 9.88. The quantitative estimate of drug-likeness (QED) is 0.0862. The second kappa shape index (κ2) is 18.7. The van der Waals surface area contributed by atoms with E-state index in [1.165, 1.54) is 53.6 Å². The maximum Gasteiger partial charge on any atom is 0.505 e. The lowest BCUT2D eigenvalue weighted by Gasteiger charge is -2.32. The van der Waals surface area contributed by atoms with Gasteiger partial charge in [-0.1, -0.05) is 75.2 Å². The summed E-state index contributed by atoms with van der Waals surface area (Å²) < 4.78 is 93.8. The summed E-state index contributed by atoms with van der Waals surface area (Å²) in [6, 6.07) is 26.5. The number of halogens is 7. The van der Waals surface area contributed by atoms with Crippen LogP contribution >= 0.6 is 38.6 Å². The molecule has 2 nitrogen and oxygen atoms in total. The van der Waals surface area contributed by atoms with Gasteiger partial charge in [0, 0.05) is 9.65 Å². The second-order valence-electron chi connectivity index (χ2n) is 14.3. The molecule has 294 valence electrons. The van der Waals surface area contributed by atoms with Gasteiger partial charge >= 0.3 is 7.12 Å². The molecule has 0 saturated carbocycles. The summed E-state index contributed by atoms with van der Waals surface area (Å²) in [6.07, 6.45) is 4.13. The van der Waals surface area contributed by atoms with Crippen LogP contribution in [0.3, 0.4) is 0 Å². The molecule has 2 aromatic heterocycles. The van der Waals surface area contributed by atoms with Crippen LogP contribution in [-0.2, 0) is 22.2 Å². The zero-order valence-electron chi connectivity index (χ0n) is 31.9. The van der Waals surface area contributed by atoms with Gasteiger partial charge in [0.1, 0.15) is 23.3 Å². The molecule has 6 aromatic rings. The molecule has 0 N–H and O–H groups in total. The number of rotatable bonds is 8. The van der Waals surface area contributed by atoms with Crippen molar-refractivity contribution in [1.82, 2.24) is 0 Å². The number of hydrogen-bond acceptors (Lipinski definition) is 4. The maximum atomic E-state index is 14.3. The highest BCUT2D eigenvalue weighted by Gasteiger charge is 2.52. The predicted molar refractivity (Wildman–Crippen MR) is 223 cm³/mol. The lowest BCUT2D eigenvalue weighted by molar-refractivity contribution is 0.00578. The van der Waals surface area contributed by atoms with Crippen LogP contribution in [0.5, 0.6) is 0 Å². The molecule has 1 fully saturated rings. The minimum Gasteiger partial charge on any atom is -0.399 e. The van der Waals surface area contributed by atoms with Crippen LogP contribution < -0.4 is 4.78 Å². The summed E-state index contributed by atoms with van der Waals surface area (Å²) in [6.45, 7) is 12.2. The van der Waals surface area contributed by atoms with Crippen molar-refractivity contribution in [2.24, 2.45) is 0 Å². The van der Waals surface area contributed by atoms with Gasteiger partial charge in [0.05, 0.1) is 21.2 Å². The van der Waals surface area contributed by atoms with Crippen molar-refractivity contribution >= 4 is 50.5 Å². The average molecular weight is 872 g/mol. The zero-order chi connectivity index (χ0) is 40.8. The Balaban J connectivity index is 0.000000165. The molecule has 1 saturated heterocycles. The fourth-order valence-electron chi connectivity index (χ4n) is 5.87. The van der Waals surface area contributed by atoms with Gasteiger partial charge < -0.3 is 9.31 Å². The molecule has 0 spiro atoms. The lowest BCUT2D eigenvalue weighted by Crippen LogP contribution is -2.41. The van der Waals surface area contributed by atoms with Gasteiger partial charge in [0.15, 0.2) is 10.3 Å². The second-order valence-corrected chi connectivity index (χ2v) is 17.2. The van der Waals surface area contributed by atoms with Crippen LogP contribution in [0.15, 0.2) is 102 Å². The Hall–Kier alpha value is -3.68. The highest BCUT2D eigenvalue weighted by atomic mass is 79.9. The maximum absolute atomic E-state index is 14.3. The Morgan fingerprint density at radius 2 is 0.946 bits per heavy atom. The molecule has 1 aliphatic rings. The Kier molecular flexibility index (Phi) is 14.5. The molecular formula is C44H42BBrF6O2S2. The van der Waals surface area contributed by atoms with Crippen LogP contribution in [0.1, 0.15) is 65.5 Å². The summed E-state index contributed by atoms with van der Waals surface area (Å²) in [4.78, 5) is 0.252. The molecule has 0 aliphatic carbocycles. The minimum absolute atomic E-state index is 0.117. The Morgan fingerprint density at radius 3 is 1.32 bits per heavy atom. The van der Waals surface area contributed by atoms with Gasteiger partial charge in [-0.15, -0.1) is 22.7 Å². The molecule has 0 radical (unpaired) electrons. The molecule has 4 aromatic carbocycles. The third kappa shape index (κ3) is 10.6. The molecular weight excluding hydrogens is 829 g/mol. The first-order valence-electron chi connectivity index (χ1n) is 18.2. The Bertz CT molecular complexity index is 2170. The molecule has 56 heavy (non-hydrogen) atoms. The van der Waals surface area contributed by atoms with Crippen LogP contribution in [0, 0.1) is 33.5 Å². The van der Waals surface area contributed by atoms with Gasteiger partial charge in [0.25, 0.3) is 0 Å². The highest BCUT2D eigenvalue weighted by molar-refractivity contribution is 9.10. The largest absolute Gasteiger partial charge is 0.505 e. The molecule has 12 heteroatoms. The summed E-state index contributed by atoms with van der Waals surface area (Å²) in [5.41, 5.74) is 4.13. The number of thiophene rings is 2. The van der Waals surface area contributed by atoms with Gasteiger partial charge in [-0.3, -0.25) is 0 Å². The SMILES string of the molecule is CC1(C)OB(c2ccc(F)s2)OC1(C)C.CCCc1ccc(-c2cc(F)c(-c3ccc(F)s3)c(F)c2)cc1.CCCc1ccc(-c2cc(F)c(Br)c(F)c2)cc1. The molecule has 7 rings (SSSR count). The van der Waals surface area contributed by atoms with E-state index in [0.29, 0.717) is 11.1 Å². The van der Waals surface area contributed by atoms with Gasteiger partial charge in [-0.2, -0.15) is 8.78 Å². The topological polar surface area (TPSA) is 18.5 Å². The molecule has 0 unspecified atom stereocenters. The van der Waals surface area contributed by atoms with Crippen molar-refractivity contribution < 1.29 is 35.7 Å². The molecule has 0 bridgehead atoms. The van der Waals surface area contributed by atoms with E-state index in [2.05, 4.69) is 29.8 Å². The van der Waals surface area contributed by atoms with Crippen molar-refractivity contribution in [1.29, 1.82) is 0 Å². The van der Waals surface area contributed by atoms with Crippen molar-refractivity contribution in [2.45, 2.75) is 78.4 Å². The van der Waals surface area contributed by atoms with Crippen molar-refractivity contribution in [3.05, 3.63) is 146 Å². The van der Waals surface area contributed by atoms with E-state index >= 15 is 0 Å². The van der Waals surface area contributed by atoms with Crippen molar-refractivity contribution in [3.63, 3.8) is 0 Å². The summed E-state index contributed by atoms with van der Waals surface area (Å²) >= 11 is 4.67. The summed E-state index contributed by atoms with van der Waals surface area (Å²) in [5.74, 6) is -2.52. The van der Waals surface area contributed by atoms with Crippen LogP contribution in [0.25, 0.3) is 32.7 Å². The number of hydrogen-bond donors (Lipinski definition) is 0. The molecule has 0 amide bonds. The predicted octanol–water partition coefficient (Wildman–Crippen LogP) is 14.0. The molecule has 0 atom stereocenters. The first-order chi connectivity index (χ1) is 26.5. The Labute approximate surface area is 341 Å². The summed E-state index contributed by atoms with van der Waals surface area (Å²) in [5, 5.41) is -0.672. The molecule has 3 heterocycles. The number of benzene rings is 4. The Morgan fingerprint density at radius 1 is 0.536 bits per heavy atom. The molecule has 1 aliphatic heterocycles. The van der Waals surface area contributed by atoms with Gasteiger partial charge in [0.2, 0.25) is 0 Å². The zero-order valence-corrected chi connectivity index (χ0v) is 35.1. The third-order valence-electron chi connectivity index (χ3n) is 9.58. The fraction of sp³-hybridized carbons (Fsp3) is 0.273. The van der Waals surface area contributed by atoms with E-state index in [9.17, 15) is 26.3 Å². The van der Waals surface area contributed by atoms with E-state index in [0.717, 1.165) is 64.3 Å². The monoisotopic (exact) mass is 870 g/mol. The minimum atomic E-state index is -0.681. The number of aryl methyl sites for hydroxylation is 2. The van der Waals surface area contributed by atoms with Crippen molar-refractivity contribution in [3.8, 4) is 32.7 Å². The van der Waals surface area contributed by atoms with Crippen LogP contribution in [0.4, 0.5) is 26.3 Å². The van der Waals surface area contributed by atoms with Gasteiger partial charge in [-0.05, 0) is 138 Å². The first kappa shape index (κ1) is 43.4. The van der Waals surface area contributed by atoms with E-state index in [1.54, 1.807) is 6.07 Å². The highest BCUT2D eigenvalue weighted by Crippen LogP contribution is 2.37. The van der Waals surface area contributed by atoms with Crippen molar-refractivity contribution in [2.75, 3.05) is 0 Å². The third-order valence-corrected chi connectivity index (χ3v) is 12.1. The van der Waals surface area contributed by atoms with Crippen LogP contribution in [-0.4, -0.2) is 18.3 Å². The van der Waals surface area contributed by atoms with Gasteiger partial charge in [-0.25, -0.2) is 17.6 Å². The smallest absolute Gasteiger partial charge is 0.399 e. The average Bonchev–Trinajstić information content (AvgIpc) is 3.84. The summed E-state index contributed by atoms with van der Waals surface area (Å²) in [7, 11) is -0.440. The first-order valence-corrected chi connectivity index (χ1v) is 20.6.